The van der Waals surface area contributed by atoms with Gasteiger partial charge in [0, 0.05) is 39.7 Å². The van der Waals surface area contributed by atoms with Crippen LogP contribution in [0.3, 0.4) is 0 Å². The third-order valence-corrected chi connectivity index (χ3v) is 5.70. The van der Waals surface area contributed by atoms with E-state index in [1.807, 2.05) is 7.05 Å². The van der Waals surface area contributed by atoms with Crippen molar-refractivity contribution in [2.75, 3.05) is 53.5 Å². The normalized spacial score (nSPS) is 22.0. The number of likely N-dealkylation sites (tertiary alicyclic amines) is 2. The van der Waals surface area contributed by atoms with Crippen LogP contribution in [0.2, 0.25) is 0 Å². The highest BCUT2D eigenvalue weighted by atomic mass is 127. The molecule has 0 aliphatic carbocycles. The molecule has 2 fully saturated rings. The van der Waals surface area contributed by atoms with E-state index < -0.39 is 0 Å². The van der Waals surface area contributed by atoms with Crippen LogP contribution in [0, 0.1) is 12.8 Å². The van der Waals surface area contributed by atoms with Gasteiger partial charge in [0.25, 0.3) is 0 Å². The number of hydrogen-bond donors (Lipinski definition) is 1. The standard InChI is InChI=1S/C21H34N4O.HI/c1-17-6-8-19(9-7-17)20(24-11-4-5-12-24)14-23-21(22-2)25-13-10-18(15-25)16-26-3;/h6-9,18,20H,4-5,10-16H2,1-3H3,(H,22,23);1H. The average Bonchev–Trinajstić information content (AvgIpc) is 3.33. The molecule has 2 aliphatic heterocycles. The quantitative estimate of drug-likeness (QED) is 0.381. The highest BCUT2D eigenvalue weighted by Gasteiger charge is 2.27. The molecule has 0 aromatic heterocycles. The van der Waals surface area contributed by atoms with Crippen LogP contribution < -0.4 is 5.32 Å². The fraction of sp³-hybridized carbons (Fsp3) is 0.667. The Hall–Kier alpha value is -0.860. The number of halogens is 1. The molecule has 1 aromatic carbocycles. The van der Waals surface area contributed by atoms with Crippen LogP contribution in [-0.4, -0.2) is 69.2 Å². The predicted octanol–water partition coefficient (Wildman–Crippen LogP) is 3.29. The minimum atomic E-state index is 0. The maximum atomic E-state index is 5.33. The molecule has 2 saturated heterocycles. The fourth-order valence-corrected chi connectivity index (χ4v) is 4.22. The van der Waals surface area contributed by atoms with E-state index in [1.54, 1.807) is 7.11 Å². The SMILES string of the molecule is CN=C(NCC(c1ccc(C)cc1)N1CCCC1)N1CCC(COC)C1.I. The largest absolute Gasteiger partial charge is 0.384 e. The van der Waals surface area contributed by atoms with Gasteiger partial charge in [-0.05, 0) is 44.8 Å². The van der Waals surface area contributed by atoms with Crippen LogP contribution in [-0.2, 0) is 4.74 Å². The fourth-order valence-electron chi connectivity index (χ4n) is 4.22. The zero-order valence-corrected chi connectivity index (χ0v) is 19.3. The first kappa shape index (κ1) is 22.4. The van der Waals surface area contributed by atoms with Gasteiger partial charge in [-0.3, -0.25) is 9.89 Å². The third-order valence-electron chi connectivity index (χ3n) is 5.70. The van der Waals surface area contributed by atoms with Crippen LogP contribution >= 0.6 is 24.0 Å². The monoisotopic (exact) mass is 486 g/mol. The second-order valence-corrected chi connectivity index (χ2v) is 7.65. The van der Waals surface area contributed by atoms with Gasteiger partial charge in [-0.25, -0.2) is 0 Å². The summed E-state index contributed by atoms with van der Waals surface area (Å²) < 4.78 is 5.33. The molecule has 152 valence electrons. The molecule has 3 rings (SSSR count). The number of hydrogen-bond acceptors (Lipinski definition) is 3. The topological polar surface area (TPSA) is 40.1 Å². The Kier molecular flexibility index (Phi) is 9.32. The van der Waals surface area contributed by atoms with Gasteiger partial charge in [0.15, 0.2) is 5.96 Å². The minimum Gasteiger partial charge on any atom is -0.384 e. The Morgan fingerprint density at radius 3 is 2.56 bits per heavy atom. The van der Waals surface area contributed by atoms with Crippen molar-refractivity contribution in [2.45, 2.75) is 32.2 Å². The highest BCUT2D eigenvalue weighted by molar-refractivity contribution is 14.0. The van der Waals surface area contributed by atoms with Crippen molar-refractivity contribution >= 4 is 29.9 Å². The third kappa shape index (κ3) is 6.06. The number of nitrogens with one attached hydrogen (secondary N) is 1. The Balaban J connectivity index is 0.00000261. The summed E-state index contributed by atoms with van der Waals surface area (Å²) in [6.07, 6.45) is 3.80. The van der Waals surface area contributed by atoms with Crippen molar-refractivity contribution in [3.05, 3.63) is 35.4 Å². The van der Waals surface area contributed by atoms with Gasteiger partial charge in [-0.15, -0.1) is 24.0 Å². The summed E-state index contributed by atoms with van der Waals surface area (Å²) in [7, 11) is 3.68. The summed E-state index contributed by atoms with van der Waals surface area (Å²) >= 11 is 0. The summed E-state index contributed by atoms with van der Waals surface area (Å²) in [5.41, 5.74) is 2.72. The molecule has 2 heterocycles. The van der Waals surface area contributed by atoms with E-state index in [0.717, 1.165) is 32.2 Å². The van der Waals surface area contributed by atoms with E-state index >= 15 is 0 Å². The number of guanidine groups is 1. The molecule has 0 spiro atoms. The van der Waals surface area contributed by atoms with Crippen LogP contribution in [0.15, 0.2) is 29.3 Å². The van der Waals surface area contributed by atoms with E-state index in [9.17, 15) is 0 Å². The second-order valence-electron chi connectivity index (χ2n) is 7.65. The molecule has 0 radical (unpaired) electrons. The number of nitrogens with zero attached hydrogens (tertiary/aromatic N) is 3. The first-order valence-electron chi connectivity index (χ1n) is 9.96. The van der Waals surface area contributed by atoms with Gasteiger partial charge in [0.2, 0.25) is 0 Å². The minimum absolute atomic E-state index is 0. The molecule has 1 N–H and O–H groups in total. The second kappa shape index (κ2) is 11.2. The van der Waals surface area contributed by atoms with E-state index in [0.29, 0.717) is 12.0 Å². The number of aryl methyl sites for hydroxylation is 1. The lowest BCUT2D eigenvalue weighted by atomic mass is 10.0. The average molecular weight is 486 g/mol. The van der Waals surface area contributed by atoms with Gasteiger partial charge < -0.3 is 15.0 Å². The van der Waals surface area contributed by atoms with Crippen molar-refractivity contribution in [1.29, 1.82) is 0 Å². The molecular weight excluding hydrogens is 451 g/mol. The first-order chi connectivity index (χ1) is 12.7. The Labute approximate surface area is 181 Å². The van der Waals surface area contributed by atoms with Gasteiger partial charge >= 0.3 is 0 Å². The molecule has 2 aliphatic rings. The maximum absolute atomic E-state index is 5.33. The molecule has 2 atom stereocenters. The molecule has 6 heteroatoms. The summed E-state index contributed by atoms with van der Waals surface area (Å²) in [6.45, 7) is 8.38. The van der Waals surface area contributed by atoms with Crippen LogP contribution in [0.4, 0.5) is 0 Å². The lowest BCUT2D eigenvalue weighted by Crippen LogP contribution is -2.44. The molecular formula is C21H35IN4O. The number of ether oxygens (including phenoxy) is 1. The number of benzene rings is 1. The predicted molar refractivity (Wildman–Crippen MR) is 123 cm³/mol. The van der Waals surface area contributed by atoms with E-state index in [2.05, 4.69) is 51.3 Å². The summed E-state index contributed by atoms with van der Waals surface area (Å²) in [6, 6.07) is 9.43. The first-order valence-corrected chi connectivity index (χ1v) is 9.96. The number of rotatable bonds is 6. The smallest absolute Gasteiger partial charge is 0.193 e. The summed E-state index contributed by atoms with van der Waals surface area (Å²) in [5, 5.41) is 3.66. The van der Waals surface area contributed by atoms with E-state index in [4.69, 9.17) is 4.74 Å². The molecule has 0 saturated carbocycles. The summed E-state index contributed by atoms with van der Waals surface area (Å²) in [4.78, 5) is 9.53. The molecule has 2 unspecified atom stereocenters. The van der Waals surface area contributed by atoms with E-state index in [1.165, 1.54) is 43.5 Å². The molecule has 27 heavy (non-hydrogen) atoms. The van der Waals surface area contributed by atoms with Crippen LogP contribution in [0.1, 0.15) is 36.4 Å². The van der Waals surface area contributed by atoms with Crippen LogP contribution in [0.5, 0.6) is 0 Å². The zero-order chi connectivity index (χ0) is 18.4. The Morgan fingerprint density at radius 1 is 1.22 bits per heavy atom. The number of aliphatic imine (C=N–C) groups is 1. The summed E-state index contributed by atoms with van der Waals surface area (Å²) in [5.74, 6) is 1.64. The lowest BCUT2D eigenvalue weighted by molar-refractivity contribution is 0.157. The molecule has 5 nitrogen and oxygen atoms in total. The molecule has 0 bridgehead atoms. The van der Waals surface area contributed by atoms with Crippen molar-refractivity contribution < 1.29 is 4.74 Å². The number of methoxy groups -OCH3 is 1. The Bertz CT molecular complexity index is 586. The maximum Gasteiger partial charge on any atom is 0.193 e. The van der Waals surface area contributed by atoms with Gasteiger partial charge in [-0.2, -0.15) is 0 Å². The van der Waals surface area contributed by atoms with Crippen molar-refractivity contribution in [3.8, 4) is 0 Å². The van der Waals surface area contributed by atoms with Crippen molar-refractivity contribution in [1.82, 2.24) is 15.1 Å². The van der Waals surface area contributed by atoms with Gasteiger partial charge in [-0.1, -0.05) is 29.8 Å². The highest BCUT2D eigenvalue weighted by Crippen LogP contribution is 2.25. The molecule has 0 amide bonds. The Morgan fingerprint density at radius 2 is 1.93 bits per heavy atom. The lowest BCUT2D eigenvalue weighted by Gasteiger charge is -2.30. The van der Waals surface area contributed by atoms with Gasteiger partial charge in [0.1, 0.15) is 0 Å². The van der Waals surface area contributed by atoms with Gasteiger partial charge in [0.05, 0.1) is 12.6 Å². The molecule has 1 aromatic rings. The van der Waals surface area contributed by atoms with E-state index in [-0.39, 0.29) is 24.0 Å². The van der Waals surface area contributed by atoms with Crippen molar-refractivity contribution in [2.24, 2.45) is 10.9 Å². The zero-order valence-electron chi connectivity index (χ0n) is 17.0. The van der Waals surface area contributed by atoms with Crippen LogP contribution in [0.25, 0.3) is 0 Å². The van der Waals surface area contributed by atoms with Crippen molar-refractivity contribution in [3.63, 3.8) is 0 Å².